The topological polar surface area (TPSA) is 72.2 Å². The Morgan fingerprint density at radius 2 is 2.05 bits per heavy atom. The van der Waals surface area contributed by atoms with Gasteiger partial charge in [0.2, 0.25) is 10.0 Å². The molecule has 1 aliphatic carbocycles. The molecule has 4 nitrogen and oxygen atoms in total. The Balaban J connectivity index is 1.85. The number of thiocarbonyl (C=S) groups is 1. The number of hydrogen-bond acceptors (Lipinski definition) is 4. The zero-order valence-electron chi connectivity index (χ0n) is 12.2. The fourth-order valence-corrected chi connectivity index (χ4v) is 5.13. The van der Waals surface area contributed by atoms with E-state index in [9.17, 15) is 8.42 Å². The minimum absolute atomic E-state index is 0.234. The number of nitrogens with one attached hydrogen (secondary N) is 1. The first-order chi connectivity index (χ1) is 9.88. The molecular formula is C14H22N2O2S3. The second kappa shape index (κ2) is 7.17. The van der Waals surface area contributed by atoms with Crippen molar-refractivity contribution in [3.63, 3.8) is 0 Å². The van der Waals surface area contributed by atoms with E-state index >= 15 is 0 Å². The van der Waals surface area contributed by atoms with Crippen molar-refractivity contribution in [3.05, 3.63) is 17.0 Å². The number of nitrogens with two attached hydrogens (primary N) is 1. The molecule has 0 aromatic carbocycles. The minimum atomic E-state index is -3.43. The molecule has 2 rings (SSSR count). The predicted octanol–water partition coefficient (Wildman–Crippen LogP) is 2.88. The summed E-state index contributed by atoms with van der Waals surface area (Å²) in [7, 11) is -3.43. The van der Waals surface area contributed by atoms with Gasteiger partial charge in [-0.05, 0) is 30.4 Å². The summed E-state index contributed by atoms with van der Waals surface area (Å²) in [4.78, 5) is 0.865. The highest BCUT2D eigenvalue weighted by Crippen LogP contribution is 2.30. The van der Waals surface area contributed by atoms with Gasteiger partial charge in [0.15, 0.2) is 0 Å². The van der Waals surface area contributed by atoms with Gasteiger partial charge in [0.05, 0.1) is 4.88 Å². The van der Waals surface area contributed by atoms with Crippen molar-refractivity contribution in [2.24, 2.45) is 17.6 Å². The summed E-state index contributed by atoms with van der Waals surface area (Å²) in [5.74, 6) is 1.47. The lowest BCUT2D eigenvalue weighted by Crippen LogP contribution is -2.26. The Morgan fingerprint density at radius 1 is 1.38 bits per heavy atom. The van der Waals surface area contributed by atoms with Gasteiger partial charge in [-0.1, -0.05) is 44.8 Å². The highest BCUT2D eigenvalue weighted by Gasteiger charge is 2.20. The van der Waals surface area contributed by atoms with Crippen LogP contribution in [0.25, 0.3) is 0 Å². The van der Waals surface area contributed by atoms with Crippen molar-refractivity contribution in [1.29, 1.82) is 0 Å². The summed E-state index contributed by atoms with van der Waals surface area (Å²) >= 11 is 5.97. The van der Waals surface area contributed by atoms with Gasteiger partial charge in [0.25, 0.3) is 0 Å². The van der Waals surface area contributed by atoms with Gasteiger partial charge < -0.3 is 5.73 Å². The van der Waals surface area contributed by atoms with E-state index in [1.54, 1.807) is 12.1 Å². The van der Waals surface area contributed by atoms with E-state index in [-0.39, 0.29) is 9.20 Å². The van der Waals surface area contributed by atoms with Crippen molar-refractivity contribution in [2.45, 2.75) is 43.2 Å². The molecule has 0 unspecified atom stereocenters. The minimum Gasteiger partial charge on any atom is -0.389 e. The van der Waals surface area contributed by atoms with Gasteiger partial charge in [-0.15, -0.1) is 11.3 Å². The molecule has 1 aromatic heterocycles. The van der Waals surface area contributed by atoms with Crippen LogP contribution < -0.4 is 10.5 Å². The fourth-order valence-electron chi connectivity index (χ4n) is 2.68. The standard InChI is InChI=1S/C14H22N2O2S3/c1-10-2-4-11(5-3-10)8-9-16-21(17,18)13-7-6-12(20-13)14(15)19/h6-7,10-11,16H,2-5,8-9H2,1H3,(H2,15,19). The largest absolute Gasteiger partial charge is 0.389 e. The number of rotatable bonds is 6. The molecule has 0 spiro atoms. The Morgan fingerprint density at radius 3 is 2.62 bits per heavy atom. The molecule has 118 valence electrons. The van der Waals surface area contributed by atoms with E-state index < -0.39 is 10.0 Å². The maximum atomic E-state index is 12.2. The number of hydrogen-bond donors (Lipinski definition) is 2. The third kappa shape index (κ3) is 4.74. The molecular weight excluding hydrogens is 324 g/mol. The molecule has 1 saturated carbocycles. The molecule has 3 N–H and O–H groups in total. The van der Waals surface area contributed by atoms with E-state index in [0.717, 1.165) is 23.7 Å². The van der Waals surface area contributed by atoms with Crippen LogP contribution in [-0.4, -0.2) is 20.0 Å². The van der Waals surface area contributed by atoms with Gasteiger partial charge in [-0.2, -0.15) is 0 Å². The lowest BCUT2D eigenvalue weighted by Gasteiger charge is -2.25. The van der Waals surface area contributed by atoms with Crippen molar-refractivity contribution < 1.29 is 8.42 Å². The summed E-state index contributed by atoms with van der Waals surface area (Å²) in [6.45, 7) is 2.79. The maximum absolute atomic E-state index is 12.2. The Hall–Kier alpha value is -0.500. The first kappa shape index (κ1) is 16.9. The third-order valence-corrected chi connectivity index (χ3v) is 7.49. The first-order valence-corrected chi connectivity index (χ1v) is 9.98. The molecule has 0 saturated heterocycles. The first-order valence-electron chi connectivity index (χ1n) is 7.28. The van der Waals surface area contributed by atoms with Crippen LogP contribution >= 0.6 is 23.6 Å². The molecule has 1 aliphatic rings. The van der Waals surface area contributed by atoms with Crippen LogP contribution in [-0.2, 0) is 10.0 Å². The van der Waals surface area contributed by atoms with Crippen molar-refractivity contribution in [2.75, 3.05) is 6.54 Å². The zero-order valence-corrected chi connectivity index (χ0v) is 14.6. The van der Waals surface area contributed by atoms with Gasteiger partial charge in [-0.3, -0.25) is 0 Å². The van der Waals surface area contributed by atoms with Gasteiger partial charge in [0, 0.05) is 6.54 Å². The molecule has 0 radical (unpaired) electrons. The summed E-state index contributed by atoms with van der Waals surface area (Å²) in [6, 6.07) is 3.22. The van der Waals surface area contributed by atoms with Crippen LogP contribution in [0.15, 0.2) is 16.3 Å². The van der Waals surface area contributed by atoms with Crippen molar-refractivity contribution in [3.8, 4) is 0 Å². The van der Waals surface area contributed by atoms with Crippen LogP contribution in [0.3, 0.4) is 0 Å². The van der Waals surface area contributed by atoms with Crippen LogP contribution in [0.5, 0.6) is 0 Å². The second-order valence-corrected chi connectivity index (χ2v) is 9.31. The molecule has 1 heterocycles. The quantitative estimate of drug-likeness (QED) is 0.777. The van der Waals surface area contributed by atoms with E-state index in [2.05, 4.69) is 11.6 Å². The SMILES string of the molecule is CC1CCC(CCNS(=O)(=O)c2ccc(C(N)=S)s2)CC1. The normalized spacial score (nSPS) is 23.1. The highest BCUT2D eigenvalue weighted by atomic mass is 32.2. The van der Waals surface area contributed by atoms with Gasteiger partial charge in [0.1, 0.15) is 9.20 Å². The Bertz CT molecular complexity index is 587. The van der Waals surface area contributed by atoms with Crippen molar-refractivity contribution in [1.82, 2.24) is 4.72 Å². The number of sulfonamides is 1. The smallest absolute Gasteiger partial charge is 0.250 e. The monoisotopic (exact) mass is 346 g/mol. The molecule has 0 bridgehead atoms. The Kier molecular flexibility index (Phi) is 5.76. The molecule has 0 amide bonds. The van der Waals surface area contributed by atoms with Crippen LogP contribution in [0.4, 0.5) is 0 Å². The highest BCUT2D eigenvalue weighted by molar-refractivity contribution is 7.91. The average molecular weight is 347 g/mol. The van der Waals surface area contributed by atoms with E-state index in [1.807, 2.05) is 0 Å². The van der Waals surface area contributed by atoms with E-state index in [4.69, 9.17) is 18.0 Å². The molecule has 0 atom stereocenters. The third-order valence-electron chi connectivity index (χ3n) is 4.07. The summed E-state index contributed by atoms with van der Waals surface area (Å²) < 4.78 is 27.3. The molecule has 7 heteroatoms. The van der Waals surface area contributed by atoms with Crippen LogP contribution in [0.2, 0.25) is 0 Å². The predicted molar refractivity (Wildman–Crippen MR) is 91.1 cm³/mol. The van der Waals surface area contributed by atoms with E-state index in [0.29, 0.717) is 17.3 Å². The van der Waals surface area contributed by atoms with Crippen LogP contribution in [0, 0.1) is 11.8 Å². The summed E-state index contributed by atoms with van der Waals surface area (Å²) in [5, 5.41) is 0. The van der Waals surface area contributed by atoms with Crippen molar-refractivity contribution >= 4 is 38.6 Å². The summed E-state index contributed by atoms with van der Waals surface area (Å²) in [5.41, 5.74) is 5.51. The Labute approximate surface area is 136 Å². The van der Waals surface area contributed by atoms with Crippen LogP contribution in [0.1, 0.15) is 43.9 Å². The summed E-state index contributed by atoms with van der Waals surface area (Å²) in [6.07, 6.45) is 5.87. The lowest BCUT2D eigenvalue weighted by atomic mass is 9.81. The van der Waals surface area contributed by atoms with Gasteiger partial charge in [-0.25, -0.2) is 13.1 Å². The fraction of sp³-hybridized carbons (Fsp3) is 0.643. The number of thiophene rings is 1. The van der Waals surface area contributed by atoms with Gasteiger partial charge >= 0.3 is 0 Å². The molecule has 21 heavy (non-hydrogen) atoms. The molecule has 1 aromatic rings. The molecule has 0 aliphatic heterocycles. The maximum Gasteiger partial charge on any atom is 0.250 e. The van der Waals surface area contributed by atoms with E-state index in [1.165, 1.54) is 25.7 Å². The average Bonchev–Trinajstić information content (AvgIpc) is 2.91. The second-order valence-electron chi connectivity index (χ2n) is 5.80. The molecule has 1 fully saturated rings. The zero-order chi connectivity index (χ0) is 15.5. The lowest BCUT2D eigenvalue weighted by molar-refractivity contribution is 0.278.